The summed E-state index contributed by atoms with van der Waals surface area (Å²) >= 11 is 12.2. The minimum atomic E-state index is -0.522. The number of nitrogens with two attached hydrogens (primary N) is 1. The Morgan fingerprint density at radius 1 is 1.37 bits per heavy atom. The molecule has 1 rings (SSSR count). The lowest BCUT2D eigenvalue weighted by molar-refractivity contribution is -0.384. The molecule has 0 saturated carbocycles. The lowest BCUT2D eigenvalue weighted by Crippen LogP contribution is -2.37. The molecule has 0 aromatic heterocycles. The Balaban J connectivity index is 3.11. The monoisotopic (exact) mass is 305 g/mol. The fourth-order valence-corrected chi connectivity index (χ4v) is 2.57. The second kappa shape index (κ2) is 5.94. The van der Waals surface area contributed by atoms with Crippen LogP contribution in [0.3, 0.4) is 0 Å². The molecule has 0 amide bonds. The van der Waals surface area contributed by atoms with Gasteiger partial charge in [0.05, 0.1) is 20.7 Å². The molecule has 0 heterocycles. The molecule has 1 aromatic carbocycles. The Morgan fingerprint density at radius 2 is 1.84 bits per heavy atom. The highest BCUT2D eigenvalue weighted by atomic mass is 35.5. The summed E-state index contributed by atoms with van der Waals surface area (Å²) in [7, 11) is 1.83. The molecule has 0 saturated heterocycles. The minimum Gasteiger partial charge on any atom is -0.372 e. The first kappa shape index (κ1) is 16.0. The van der Waals surface area contributed by atoms with E-state index in [4.69, 9.17) is 28.9 Å². The van der Waals surface area contributed by atoms with Crippen LogP contribution in [0.15, 0.2) is 12.1 Å². The van der Waals surface area contributed by atoms with Gasteiger partial charge >= 0.3 is 0 Å². The van der Waals surface area contributed by atoms with E-state index in [9.17, 15) is 10.1 Å². The summed E-state index contributed by atoms with van der Waals surface area (Å²) < 4.78 is 0. The molecule has 0 radical (unpaired) electrons. The van der Waals surface area contributed by atoms with E-state index >= 15 is 0 Å². The second-order valence-corrected chi connectivity index (χ2v) is 6.05. The molecule has 1 aromatic rings. The lowest BCUT2D eigenvalue weighted by Gasteiger charge is -2.31. The van der Waals surface area contributed by atoms with Crippen molar-refractivity contribution in [1.82, 2.24) is 0 Å². The third-order valence-electron chi connectivity index (χ3n) is 2.81. The summed E-state index contributed by atoms with van der Waals surface area (Å²) in [6.07, 6.45) is 0. The van der Waals surface area contributed by atoms with Crippen LogP contribution in [0.25, 0.3) is 0 Å². The van der Waals surface area contributed by atoms with E-state index < -0.39 is 4.92 Å². The van der Waals surface area contributed by atoms with Crippen LogP contribution in [0.1, 0.15) is 13.8 Å². The summed E-state index contributed by atoms with van der Waals surface area (Å²) in [5.74, 6) is 0. The maximum atomic E-state index is 10.7. The van der Waals surface area contributed by atoms with Gasteiger partial charge in [-0.3, -0.25) is 10.1 Å². The number of benzene rings is 1. The maximum absolute atomic E-state index is 10.7. The first-order chi connectivity index (χ1) is 8.68. The molecular formula is C12H17Cl2N3O2. The molecule has 7 heteroatoms. The van der Waals surface area contributed by atoms with Gasteiger partial charge in [0.1, 0.15) is 0 Å². The Kier molecular flexibility index (Phi) is 5.01. The van der Waals surface area contributed by atoms with Crippen LogP contribution in [0.4, 0.5) is 11.4 Å². The van der Waals surface area contributed by atoms with Crippen molar-refractivity contribution in [2.75, 3.05) is 25.0 Å². The second-order valence-electron chi connectivity index (χ2n) is 5.24. The number of hydrogen-bond acceptors (Lipinski definition) is 4. The topological polar surface area (TPSA) is 72.4 Å². The van der Waals surface area contributed by atoms with Crippen LogP contribution in [0.2, 0.25) is 10.0 Å². The molecule has 0 bridgehead atoms. The summed E-state index contributed by atoms with van der Waals surface area (Å²) in [6.45, 7) is 5.20. The highest BCUT2D eigenvalue weighted by molar-refractivity contribution is 6.39. The molecule has 19 heavy (non-hydrogen) atoms. The van der Waals surface area contributed by atoms with Gasteiger partial charge in [0.15, 0.2) is 0 Å². The number of anilines is 1. The fraction of sp³-hybridized carbons (Fsp3) is 0.500. The van der Waals surface area contributed by atoms with Gasteiger partial charge in [-0.1, -0.05) is 37.0 Å². The molecule has 0 aliphatic heterocycles. The first-order valence-corrected chi connectivity index (χ1v) is 6.48. The highest BCUT2D eigenvalue weighted by Crippen LogP contribution is 2.37. The van der Waals surface area contributed by atoms with Crippen molar-refractivity contribution in [3.8, 4) is 0 Å². The fourth-order valence-electron chi connectivity index (χ4n) is 1.81. The van der Waals surface area contributed by atoms with Crippen molar-refractivity contribution in [3.63, 3.8) is 0 Å². The Bertz CT molecular complexity index is 469. The van der Waals surface area contributed by atoms with Gasteiger partial charge in [0.2, 0.25) is 0 Å². The van der Waals surface area contributed by atoms with Gasteiger partial charge in [-0.15, -0.1) is 0 Å². The number of nitro groups is 1. The highest BCUT2D eigenvalue weighted by Gasteiger charge is 2.23. The third-order valence-corrected chi connectivity index (χ3v) is 3.39. The van der Waals surface area contributed by atoms with Crippen LogP contribution in [-0.2, 0) is 0 Å². The standard InChI is InChI=1S/C12H17Cl2N3O2/c1-12(2,6-15)7-16(3)11-9(13)4-8(17(18)19)5-10(11)14/h4-5H,6-7,15H2,1-3H3. The zero-order valence-electron chi connectivity index (χ0n) is 11.1. The molecule has 0 spiro atoms. The normalized spacial score (nSPS) is 11.5. The van der Waals surface area contributed by atoms with E-state index in [0.29, 0.717) is 18.8 Å². The zero-order chi connectivity index (χ0) is 14.8. The van der Waals surface area contributed by atoms with Gasteiger partial charge in [0.25, 0.3) is 5.69 Å². The molecule has 0 fully saturated rings. The van der Waals surface area contributed by atoms with Crippen LogP contribution in [0.5, 0.6) is 0 Å². The Morgan fingerprint density at radius 3 is 2.21 bits per heavy atom. The average molecular weight is 306 g/mol. The van der Waals surface area contributed by atoms with Gasteiger partial charge < -0.3 is 10.6 Å². The average Bonchev–Trinajstić information content (AvgIpc) is 2.27. The van der Waals surface area contributed by atoms with Gasteiger partial charge in [-0.05, 0) is 12.0 Å². The van der Waals surface area contributed by atoms with Crippen LogP contribution >= 0.6 is 23.2 Å². The molecule has 0 atom stereocenters. The number of hydrogen-bond donors (Lipinski definition) is 1. The zero-order valence-corrected chi connectivity index (χ0v) is 12.6. The molecule has 0 unspecified atom stereocenters. The summed E-state index contributed by atoms with van der Waals surface area (Å²) in [6, 6.07) is 2.60. The van der Waals surface area contributed by atoms with Gasteiger partial charge in [0, 0.05) is 25.7 Å². The van der Waals surface area contributed by atoms with Crippen LogP contribution in [0, 0.1) is 15.5 Å². The molecular weight excluding hydrogens is 289 g/mol. The summed E-state index contributed by atoms with van der Waals surface area (Å²) in [5, 5.41) is 11.2. The smallest absolute Gasteiger partial charge is 0.272 e. The van der Waals surface area contributed by atoms with Gasteiger partial charge in [-0.2, -0.15) is 0 Å². The quantitative estimate of drug-likeness (QED) is 0.669. The van der Waals surface area contributed by atoms with Gasteiger partial charge in [-0.25, -0.2) is 0 Å². The number of non-ortho nitro benzene ring substituents is 1. The number of nitro benzene ring substituents is 1. The molecule has 106 valence electrons. The number of halogens is 2. The van der Waals surface area contributed by atoms with Crippen LogP contribution < -0.4 is 10.6 Å². The van der Waals surface area contributed by atoms with Crippen molar-refractivity contribution in [1.29, 1.82) is 0 Å². The molecule has 2 N–H and O–H groups in total. The maximum Gasteiger partial charge on any atom is 0.272 e. The number of nitrogens with zero attached hydrogens (tertiary/aromatic N) is 2. The van der Waals surface area contributed by atoms with E-state index in [2.05, 4.69) is 0 Å². The summed E-state index contributed by atoms with van der Waals surface area (Å²) in [4.78, 5) is 12.1. The molecule has 5 nitrogen and oxygen atoms in total. The largest absolute Gasteiger partial charge is 0.372 e. The van der Waals surface area contributed by atoms with Crippen molar-refractivity contribution < 1.29 is 4.92 Å². The minimum absolute atomic E-state index is 0.108. The van der Waals surface area contributed by atoms with Crippen LogP contribution in [-0.4, -0.2) is 25.1 Å². The van der Waals surface area contributed by atoms with E-state index in [-0.39, 0.29) is 21.1 Å². The summed E-state index contributed by atoms with van der Waals surface area (Å²) in [5.41, 5.74) is 6.04. The number of rotatable bonds is 5. The Hall–Kier alpha value is -1.04. The SMILES string of the molecule is CN(CC(C)(C)CN)c1c(Cl)cc([N+](=O)[O-])cc1Cl. The molecule has 0 aliphatic rings. The third kappa shape index (κ3) is 3.96. The van der Waals surface area contributed by atoms with Crippen molar-refractivity contribution in [3.05, 3.63) is 32.3 Å². The van der Waals surface area contributed by atoms with E-state index in [0.717, 1.165) is 0 Å². The first-order valence-electron chi connectivity index (χ1n) is 5.72. The van der Waals surface area contributed by atoms with Crippen molar-refractivity contribution in [2.24, 2.45) is 11.1 Å². The molecule has 0 aliphatic carbocycles. The Labute approximate surface area is 122 Å². The van der Waals surface area contributed by atoms with Crippen molar-refractivity contribution >= 4 is 34.6 Å². The van der Waals surface area contributed by atoms with E-state index in [1.807, 2.05) is 25.8 Å². The van der Waals surface area contributed by atoms with Crippen molar-refractivity contribution in [2.45, 2.75) is 13.8 Å². The van der Waals surface area contributed by atoms with E-state index in [1.165, 1.54) is 12.1 Å². The predicted octanol–water partition coefficient (Wildman–Crippen LogP) is 3.32. The van der Waals surface area contributed by atoms with E-state index in [1.54, 1.807) is 0 Å². The lowest BCUT2D eigenvalue weighted by atomic mass is 9.93. The predicted molar refractivity (Wildman–Crippen MR) is 79.2 cm³/mol.